The minimum absolute atomic E-state index is 0.252. The highest BCUT2D eigenvalue weighted by molar-refractivity contribution is 9.10. The zero-order valence-electron chi connectivity index (χ0n) is 12.1. The highest BCUT2D eigenvalue weighted by Crippen LogP contribution is 2.21. The second-order valence-electron chi connectivity index (χ2n) is 6.10. The first-order valence-corrected chi connectivity index (χ1v) is 6.98. The van der Waals surface area contributed by atoms with Gasteiger partial charge in [-0.25, -0.2) is 4.79 Å². The van der Waals surface area contributed by atoms with Gasteiger partial charge in [0.25, 0.3) is 0 Å². The van der Waals surface area contributed by atoms with Crippen molar-refractivity contribution in [2.75, 3.05) is 6.54 Å². The molecule has 1 aromatic heterocycles. The van der Waals surface area contributed by atoms with Crippen molar-refractivity contribution in [3.05, 3.63) is 28.5 Å². The third-order valence-corrected chi connectivity index (χ3v) is 2.96. The maximum absolute atomic E-state index is 11.6. The molecule has 0 atom stereocenters. The molecule has 0 unspecified atom stereocenters. The second kappa shape index (κ2) is 5.90. The van der Waals surface area contributed by atoms with Gasteiger partial charge < -0.3 is 10.1 Å². The topological polar surface area (TPSA) is 51.2 Å². The van der Waals surface area contributed by atoms with Crippen molar-refractivity contribution in [3.63, 3.8) is 0 Å². The Bertz CT molecular complexity index is 436. The van der Waals surface area contributed by atoms with Crippen LogP contribution in [0.2, 0.25) is 0 Å². The second-order valence-corrected chi connectivity index (χ2v) is 7.02. The predicted octanol–water partition coefficient (Wildman–Crippen LogP) is 3.65. The van der Waals surface area contributed by atoms with Crippen molar-refractivity contribution < 1.29 is 9.53 Å². The molecule has 0 bridgehead atoms. The van der Waals surface area contributed by atoms with Crippen molar-refractivity contribution in [2.45, 2.75) is 45.6 Å². The molecule has 1 aromatic rings. The number of nitrogens with zero attached hydrogens (tertiary/aromatic N) is 1. The Morgan fingerprint density at radius 3 is 2.42 bits per heavy atom. The first-order valence-electron chi connectivity index (χ1n) is 6.19. The molecule has 0 aliphatic rings. The molecule has 5 heteroatoms. The normalized spacial score (nSPS) is 12.1. The van der Waals surface area contributed by atoms with Gasteiger partial charge in [0.05, 0.1) is 0 Å². The minimum Gasteiger partial charge on any atom is -0.444 e. The molecule has 1 heterocycles. The lowest BCUT2D eigenvalue weighted by molar-refractivity contribution is 0.0517. The van der Waals surface area contributed by atoms with E-state index >= 15 is 0 Å². The monoisotopic (exact) mass is 328 g/mol. The molecule has 106 valence electrons. The van der Waals surface area contributed by atoms with Crippen LogP contribution in [0.15, 0.2) is 22.8 Å². The first kappa shape index (κ1) is 16.0. The summed E-state index contributed by atoms with van der Waals surface area (Å²) in [6, 6.07) is 3.89. The number of carbonyl (C=O) groups excluding carboxylic acids is 1. The standard InChI is InChI=1S/C14H21BrN2O2/c1-13(2,3)19-12(18)17-9-14(4,5)11-7-6-10(15)8-16-11/h6-8H,9H2,1-5H3,(H,17,18). The molecule has 0 aromatic carbocycles. The fourth-order valence-corrected chi connectivity index (χ4v) is 1.71. The molecule has 1 amide bonds. The summed E-state index contributed by atoms with van der Waals surface area (Å²) >= 11 is 3.36. The third kappa shape index (κ3) is 5.59. The lowest BCUT2D eigenvalue weighted by Crippen LogP contribution is -2.40. The predicted molar refractivity (Wildman–Crippen MR) is 79.2 cm³/mol. The van der Waals surface area contributed by atoms with Crippen molar-refractivity contribution in [1.29, 1.82) is 0 Å². The molecule has 4 nitrogen and oxygen atoms in total. The van der Waals surface area contributed by atoms with Crippen LogP contribution in [0, 0.1) is 0 Å². The summed E-state index contributed by atoms with van der Waals surface area (Å²) in [5, 5.41) is 2.78. The maximum atomic E-state index is 11.6. The molecule has 19 heavy (non-hydrogen) atoms. The molecular formula is C14H21BrN2O2. The van der Waals surface area contributed by atoms with E-state index in [0.29, 0.717) is 6.54 Å². The Morgan fingerprint density at radius 1 is 1.32 bits per heavy atom. The Morgan fingerprint density at radius 2 is 1.95 bits per heavy atom. The molecule has 0 aliphatic heterocycles. The van der Waals surface area contributed by atoms with Gasteiger partial charge in [0.1, 0.15) is 5.60 Å². The number of rotatable bonds is 3. The van der Waals surface area contributed by atoms with E-state index in [1.807, 2.05) is 46.8 Å². The Kier molecular flexibility index (Phi) is 4.96. The van der Waals surface area contributed by atoms with Gasteiger partial charge in [0.2, 0.25) is 0 Å². The summed E-state index contributed by atoms with van der Waals surface area (Å²) < 4.78 is 6.15. The summed E-state index contributed by atoms with van der Waals surface area (Å²) in [6.45, 7) is 10.0. The highest BCUT2D eigenvalue weighted by atomic mass is 79.9. The molecule has 0 saturated carbocycles. The average molecular weight is 329 g/mol. The fraction of sp³-hybridized carbons (Fsp3) is 0.571. The van der Waals surface area contributed by atoms with Crippen LogP contribution >= 0.6 is 15.9 Å². The van der Waals surface area contributed by atoms with Crippen molar-refractivity contribution in [2.24, 2.45) is 0 Å². The number of halogens is 1. The number of amides is 1. The lowest BCUT2D eigenvalue weighted by atomic mass is 9.89. The van der Waals surface area contributed by atoms with E-state index in [-0.39, 0.29) is 5.41 Å². The van der Waals surface area contributed by atoms with Gasteiger partial charge in [-0.2, -0.15) is 0 Å². The van der Waals surface area contributed by atoms with Crippen molar-refractivity contribution >= 4 is 22.0 Å². The number of hydrogen-bond acceptors (Lipinski definition) is 3. The quantitative estimate of drug-likeness (QED) is 0.921. The van der Waals surface area contributed by atoms with E-state index in [2.05, 4.69) is 26.2 Å². The smallest absolute Gasteiger partial charge is 0.407 e. The molecule has 0 fully saturated rings. The van der Waals surface area contributed by atoms with Gasteiger partial charge >= 0.3 is 6.09 Å². The number of ether oxygens (including phenoxy) is 1. The van der Waals surface area contributed by atoms with Crippen LogP contribution < -0.4 is 5.32 Å². The van der Waals surface area contributed by atoms with E-state index in [1.165, 1.54) is 0 Å². The summed E-state index contributed by atoms with van der Waals surface area (Å²) in [4.78, 5) is 16.0. The van der Waals surface area contributed by atoms with Crippen molar-refractivity contribution in [1.82, 2.24) is 10.3 Å². The van der Waals surface area contributed by atoms with Crippen LogP contribution in [0.5, 0.6) is 0 Å². The zero-order chi connectivity index (χ0) is 14.7. The number of hydrogen-bond donors (Lipinski definition) is 1. The number of nitrogens with one attached hydrogen (secondary N) is 1. The maximum Gasteiger partial charge on any atom is 0.407 e. The fourth-order valence-electron chi connectivity index (χ4n) is 1.47. The van der Waals surface area contributed by atoms with E-state index in [1.54, 1.807) is 6.20 Å². The number of alkyl carbamates (subject to hydrolysis) is 1. The molecule has 0 saturated heterocycles. The minimum atomic E-state index is -0.482. The summed E-state index contributed by atoms with van der Waals surface area (Å²) in [5.74, 6) is 0. The van der Waals surface area contributed by atoms with Crippen LogP contribution in [-0.4, -0.2) is 23.2 Å². The van der Waals surface area contributed by atoms with Gasteiger partial charge in [-0.15, -0.1) is 0 Å². The number of aromatic nitrogens is 1. The number of carbonyl (C=O) groups is 1. The SMILES string of the molecule is CC(C)(C)OC(=O)NCC(C)(C)c1ccc(Br)cn1. The van der Waals surface area contributed by atoms with Gasteiger partial charge in [0, 0.05) is 28.3 Å². The van der Waals surface area contributed by atoms with Crippen molar-refractivity contribution in [3.8, 4) is 0 Å². The average Bonchev–Trinajstić information content (AvgIpc) is 2.25. The van der Waals surface area contributed by atoms with Crippen LogP contribution in [0.3, 0.4) is 0 Å². The van der Waals surface area contributed by atoms with Gasteiger partial charge in [-0.3, -0.25) is 4.98 Å². The zero-order valence-corrected chi connectivity index (χ0v) is 13.7. The lowest BCUT2D eigenvalue weighted by Gasteiger charge is -2.26. The summed E-state index contributed by atoms with van der Waals surface area (Å²) in [6.07, 6.45) is 1.35. The summed E-state index contributed by atoms with van der Waals surface area (Å²) in [7, 11) is 0. The van der Waals surface area contributed by atoms with E-state index in [4.69, 9.17) is 4.74 Å². The van der Waals surface area contributed by atoms with Gasteiger partial charge in [-0.05, 0) is 48.8 Å². The number of pyridine rings is 1. The Balaban J connectivity index is 2.60. The highest BCUT2D eigenvalue weighted by Gasteiger charge is 2.24. The van der Waals surface area contributed by atoms with Gasteiger partial charge in [0.15, 0.2) is 0 Å². The molecule has 0 aliphatic carbocycles. The van der Waals surface area contributed by atoms with E-state index in [0.717, 1.165) is 10.2 Å². The Hall–Kier alpha value is -1.10. The van der Waals surface area contributed by atoms with Crippen LogP contribution in [0.1, 0.15) is 40.3 Å². The van der Waals surface area contributed by atoms with E-state index < -0.39 is 11.7 Å². The van der Waals surface area contributed by atoms with Crippen LogP contribution in [0.25, 0.3) is 0 Å². The van der Waals surface area contributed by atoms with Gasteiger partial charge in [-0.1, -0.05) is 13.8 Å². The molecule has 0 spiro atoms. The van der Waals surface area contributed by atoms with Crippen LogP contribution in [0.4, 0.5) is 4.79 Å². The summed E-state index contributed by atoms with van der Waals surface area (Å²) in [5.41, 5.74) is 0.188. The Labute approximate surface area is 123 Å². The molecule has 1 rings (SSSR count). The molecular weight excluding hydrogens is 308 g/mol. The van der Waals surface area contributed by atoms with E-state index in [9.17, 15) is 4.79 Å². The largest absolute Gasteiger partial charge is 0.444 e. The first-order chi connectivity index (χ1) is 8.60. The third-order valence-electron chi connectivity index (χ3n) is 2.49. The molecule has 1 N–H and O–H groups in total. The van der Waals surface area contributed by atoms with Crippen LogP contribution in [-0.2, 0) is 10.2 Å². The molecule has 0 radical (unpaired) electrons.